The lowest BCUT2D eigenvalue weighted by Crippen LogP contribution is -2.26. The zero-order valence-electron chi connectivity index (χ0n) is 13.2. The second kappa shape index (κ2) is 6.83. The van der Waals surface area contributed by atoms with Gasteiger partial charge in [-0.05, 0) is 48.9 Å². The average Bonchev–Trinajstić information content (AvgIpc) is 2.44. The standard InChI is InChI=1S/C17H26N2O2/c1-11-5-4-6-14(7-11)19-16-8-12(2)13(9-15(16)18)10-17(20)21-3/h8-9,11,14,19H,4-7,10,18H2,1-3H3. The fourth-order valence-corrected chi connectivity index (χ4v) is 3.10. The van der Waals surface area contributed by atoms with E-state index in [1.54, 1.807) is 0 Å². The Bertz CT molecular complexity index is 514. The van der Waals surface area contributed by atoms with E-state index in [1.807, 2.05) is 19.1 Å². The molecule has 0 spiro atoms. The molecule has 1 fully saturated rings. The maximum absolute atomic E-state index is 11.4. The van der Waals surface area contributed by atoms with Crippen LogP contribution in [0.25, 0.3) is 0 Å². The largest absolute Gasteiger partial charge is 0.469 e. The van der Waals surface area contributed by atoms with Crippen molar-refractivity contribution in [1.29, 1.82) is 0 Å². The van der Waals surface area contributed by atoms with Gasteiger partial charge in [-0.25, -0.2) is 0 Å². The SMILES string of the molecule is COC(=O)Cc1cc(N)c(NC2CCCC(C)C2)cc1C. The van der Waals surface area contributed by atoms with Crippen LogP contribution < -0.4 is 11.1 Å². The molecule has 0 radical (unpaired) electrons. The average molecular weight is 290 g/mol. The number of esters is 1. The third-order valence-corrected chi connectivity index (χ3v) is 4.37. The first-order chi connectivity index (χ1) is 9.99. The highest BCUT2D eigenvalue weighted by atomic mass is 16.5. The van der Waals surface area contributed by atoms with Crippen LogP contribution in [0, 0.1) is 12.8 Å². The van der Waals surface area contributed by atoms with Crippen LogP contribution in [0.5, 0.6) is 0 Å². The number of nitrogen functional groups attached to an aromatic ring is 1. The summed E-state index contributed by atoms with van der Waals surface area (Å²) in [6.07, 6.45) is 5.27. The Morgan fingerprint density at radius 3 is 2.86 bits per heavy atom. The number of benzene rings is 1. The number of methoxy groups -OCH3 is 1. The number of ether oxygens (including phenoxy) is 1. The Kier molecular flexibility index (Phi) is 5.10. The Morgan fingerprint density at radius 2 is 2.19 bits per heavy atom. The predicted molar refractivity (Wildman–Crippen MR) is 86.4 cm³/mol. The van der Waals surface area contributed by atoms with Gasteiger partial charge in [0, 0.05) is 6.04 Å². The molecule has 116 valence electrons. The zero-order chi connectivity index (χ0) is 15.4. The van der Waals surface area contributed by atoms with Crippen molar-refractivity contribution in [3.63, 3.8) is 0 Å². The van der Waals surface area contributed by atoms with Gasteiger partial charge in [-0.15, -0.1) is 0 Å². The minimum atomic E-state index is -0.237. The van der Waals surface area contributed by atoms with Crippen LogP contribution in [-0.2, 0) is 16.0 Å². The molecule has 1 aliphatic rings. The van der Waals surface area contributed by atoms with Gasteiger partial charge in [-0.3, -0.25) is 4.79 Å². The lowest BCUT2D eigenvalue weighted by Gasteiger charge is -2.29. The lowest BCUT2D eigenvalue weighted by molar-refractivity contribution is -0.139. The van der Waals surface area contributed by atoms with Gasteiger partial charge in [-0.1, -0.05) is 19.8 Å². The Morgan fingerprint density at radius 1 is 1.43 bits per heavy atom. The van der Waals surface area contributed by atoms with E-state index in [0.717, 1.165) is 22.7 Å². The number of carbonyl (C=O) groups excluding carboxylic acids is 1. The van der Waals surface area contributed by atoms with Gasteiger partial charge >= 0.3 is 5.97 Å². The molecule has 0 aromatic heterocycles. The number of carbonyl (C=O) groups is 1. The second-order valence-corrected chi connectivity index (χ2v) is 6.23. The molecule has 4 heteroatoms. The topological polar surface area (TPSA) is 64.3 Å². The fraction of sp³-hybridized carbons (Fsp3) is 0.588. The van der Waals surface area contributed by atoms with Gasteiger partial charge in [0.05, 0.1) is 24.9 Å². The Hall–Kier alpha value is -1.71. The van der Waals surface area contributed by atoms with Crippen LogP contribution in [0.4, 0.5) is 11.4 Å². The fourth-order valence-electron chi connectivity index (χ4n) is 3.10. The normalized spacial score (nSPS) is 21.9. The molecule has 2 unspecified atom stereocenters. The summed E-state index contributed by atoms with van der Waals surface area (Å²) in [5, 5.41) is 3.57. The van der Waals surface area contributed by atoms with E-state index in [0.29, 0.717) is 11.7 Å². The smallest absolute Gasteiger partial charge is 0.309 e. The minimum absolute atomic E-state index is 0.237. The Balaban J connectivity index is 2.10. The molecule has 2 atom stereocenters. The van der Waals surface area contributed by atoms with Gasteiger partial charge in [0.25, 0.3) is 0 Å². The highest BCUT2D eigenvalue weighted by Gasteiger charge is 2.19. The number of nitrogens with one attached hydrogen (secondary N) is 1. The van der Waals surface area contributed by atoms with E-state index in [4.69, 9.17) is 10.5 Å². The van der Waals surface area contributed by atoms with Crippen molar-refractivity contribution in [2.45, 2.75) is 52.0 Å². The van der Waals surface area contributed by atoms with Crippen LogP contribution in [0.1, 0.15) is 43.7 Å². The summed E-state index contributed by atoms with van der Waals surface area (Å²) in [6.45, 7) is 4.31. The number of hydrogen-bond acceptors (Lipinski definition) is 4. The Labute approximate surface area is 127 Å². The third kappa shape index (κ3) is 4.13. The summed E-state index contributed by atoms with van der Waals surface area (Å²) in [7, 11) is 1.40. The molecular weight excluding hydrogens is 264 g/mol. The first kappa shape index (κ1) is 15.7. The van der Waals surface area contributed by atoms with Crippen LogP contribution >= 0.6 is 0 Å². The summed E-state index contributed by atoms with van der Waals surface area (Å²) in [6, 6.07) is 4.44. The van der Waals surface area contributed by atoms with E-state index in [9.17, 15) is 4.79 Å². The number of aryl methyl sites for hydroxylation is 1. The van der Waals surface area contributed by atoms with Gasteiger partial charge in [-0.2, -0.15) is 0 Å². The van der Waals surface area contributed by atoms with Gasteiger partial charge in [0.2, 0.25) is 0 Å². The zero-order valence-corrected chi connectivity index (χ0v) is 13.2. The second-order valence-electron chi connectivity index (χ2n) is 6.23. The van der Waals surface area contributed by atoms with E-state index in [-0.39, 0.29) is 12.4 Å². The molecule has 0 amide bonds. The first-order valence-corrected chi connectivity index (χ1v) is 7.72. The molecule has 0 aliphatic heterocycles. The van der Waals surface area contributed by atoms with Crippen LogP contribution in [-0.4, -0.2) is 19.1 Å². The van der Waals surface area contributed by atoms with E-state index >= 15 is 0 Å². The molecule has 1 aromatic carbocycles. The molecule has 0 saturated heterocycles. The predicted octanol–water partition coefficient (Wildman–Crippen LogP) is 3.28. The van der Waals surface area contributed by atoms with Crippen molar-refractivity contribution >= 4 is 17.3 Å². The lowest BCUT2D eigenvalue weighted by atomic mass is 9.87. The summed E-state index contributed by atoms with van der Waals surface area (Å²) < 4.78 is 4.72. The molecular formula is C17H26N2O2. The quantitative estimate of drug-likeness (QED) is 0.660. The third-order valence-electron chi connectivity index (χ3n) is 4.37. The monoisotopic (exact) mass is 290 g/mol. The molecule has 1 aromatic rings. The van der Waals surface area contributed by atoms with Crippen LogP contribution in [0.3, 0.4) is 0 Å². The molecule has 2 rings (SSSR count). The van der Waals surface area contributed by atoms with Crippen LogP contribution in [0.15, 0.2) is 12.1 Å². The van der Waals surface area contributed by atoms with Crippen molar-refractivity contribution in [2.75, 3.05) is 18.2 Å². The number of anilines is 2. The van der Waals surface area contributed by atoms with Gasteiger partial charge in [0.15, 0.2) is 0 Å². The molecule has 1 aliphatic carbocycles. The molecule has 0 bridgehead atoms. The number of nitrogens with two attached hydrogens (primary N) is 1. The van der Waals surface area contributed by atoms with Crippen molar-refractivity contribution < 1.29 is 9.53 Å². The highest BCUT2D eigenvalue weighted by molar-refractivity contribution is 5.76. The summed E-state index contributed by atoms with van der Waals surface area (Å²) in [5.74, 6) is 0.538. The molecule has 4 nitrogen and oxygen atoms in total. The van der Waals surface area contributed by atoms with E-state index in [1.165, 1.54) is 32.8 Å². The van der Waals surface area contributed by atoms with E-state index in [2.05, 4.69) is 12.2 Å². The van der Waals surface area contributed by atoms with Crippen molar-refractivity contribution in [3.8, 4) is 0 Å². The van der Waals surface area contributed by atoms with Crippen molar-refractivity contribution in [1.82, 2.24) is 0 Å². The van der Waals surface area contributed by atoms with E-state index < -0.39 is 0 Å². The number of rotatable bonds is 4. The maximum atomic E-state index is 11.4. The van der Waals surface area contributed by atoms with Crippen molar-refractivity contribution in [2.24, 2.45) is 5.92 Å². The van der Waals surface area contributed by atoms with Gasteiger partial charge in [0.1, 0.15) is 0 Å². The summed E-state index contributed by atoms with van der Waals surface area (Å²) in [5.41, 5.74) is 9.84. The molecule has 0 heterocycles. The highest BCUT2D eigenvalue weighted by Crippen LogP contribution is 2.30. The van der Waals surface area contributed by atoms with Gasteiger partial charge < -0.3 is 15.8 Å². The van der Waals surface area contributed by atoms with Crippen LogP contribution in [0.2, 0.25) is 0 Å². The first-order valence-electron chi connectivity index (χ1n) is 7.72. The summed E-state index contributed by atoms with van der Waals surface area (Å²) in [4.78, 5) is 11.4. The maximum Gasteiger partial charge on any atom is 0.309 e. The molecule has 21 heavy (non-hydrogen) atoms. The minimum Gasteiger partial charge on any atom is -0.469 e. The van der Waals surface area contributed by atoms with Crippen molar-refractivity contribution in [3.05, 3.63) is 23.3 Å². The number of hydrogen-bond donors (Lipinski definition) is 2. The molecule has 3 N–H and O–H groups in total. The molecule has 1 saturated carbocycles. The summed E-state index contributed by atoms with van der Waals surface area (Å²) >= 11 is 0.